The first-order chi connectivity index (χ1) is 2.00. The van der Waals surface area contributed by atoms with Gasteiger partial charge in [0.15, 0.2) is 0 Å². The molecule has 0 saturated carbocycles. The molecule has 0 rings (SSSR count). The first-order valence-electron chi connectivity index (χ1n) is 1.000. The molecule has 0 unspecified atom stereocenters. The van der Waals surface area contributed by atoms with Gasteiger partial charge in [-0.3, -0.25) is 0 Å². The minimum Gasteiger partial charge on any atom is -0.106 e. The smallest absolute Gasteiger partial charge is 0 e. The van der Waals surface area contributed by atoms with Crippen LogP contribution in [0.5, 0.6) is 0 Å². The topological polar surface area (TPSA) is 0 Å². The van der Waals surface area contributed by atoms with Crippen molar-refractivity contribution in [2.75, 3.05) is 0 Å². The van der Waals surface area contributed by atoms with Crippen molar-refractivity contribution in [2.24, 2.45) is 0 Å². The molecule has 0 aromatic rings. The number of hydrogen-bond acceptors (Lipinski definition) is 0. The molecule has 0 aliphatic rings. The molecule has 0 fully saturated rings. The van der Waals surface area contributed by atoms with Gasteiger partial charge in [-0.2, -0.15) is 0 Å². The van der Waals surface area contributed by atoms with E-state index in [1.54, 1.807) is 0 Å². The molecule has 0 aliphatic carbocycles. The molecule has 0 bridgehead atoms. The maximum absolute atomic E-state index is 3.00. The van der Waals surface area contributed by atoms with Gasteiger partial charge in [0.05, 0.1) is 0 Å². The Kier molecular flexibility index (Phi) is 357. The van der Waals surface area contributed by atoms with Gasteiger partial charge >= 0.3 is 0 Å². The summed E-state index contributed by atoms with van der Waals surface area (Å²) in [4.78, 5) is 0. The monoisotopic (exact) mass is 208 g/mol. The van der Waals surface area contributed by atoms with E-state index in [2.05, 4.69) is 26.3 Å². The van der Waals surface area contributed by atoms with Gasteiger partial charge in [0.1, 0.15) is 0 Å². The normalized spacial score (nSPS) is 1.60. The molecule has 0 aliphatic heterocycles. The van der Waals surface area contributed by atoms with Crippen molar-refractivity contribution < 1.29 is 40.4 Å². The molecule has 0 saturated heterocycles. The Morgan fingerprint density at radius 3 is 0.600 bits per heavy atom. The third kappa shape index (κ3) is 57.2. The molecule has 0 aromatic carbocycles. The van der Waals surface area contributed by atoms with Crippen molar-refractivity contribution in [1.82, 2.24) is 0 Å². The largest absolute Gasteiger partial charge is 0.106 e. The number of hydrogen-bond donors (Lipinski definition) is 0. The van der Waals surface area contributed by atoms with E-state index in [0.717, 1.165) is 0 Å². The van der Waals surface area contributed by atoms with Crippen LogP contribution >= 0.6 is 0 Å². The quantitative estimate of drug-likeness (QED) is 0.528. The van der Waals surface area contributed by atoms with E-state index < -0.39 is 0 Å². The molecule has 5 heavy (non-hydrogen) atoms. The minimum atomic E-state index is 0. The summed E-state index contributed by atoms with van der Waals surface area (Å²) < 4.78 is 0. The molecule has 0 heterocycles. The summed E-state index contributed by atoms with van der Waals surface area (Å²) in [5, 5.41) is 0. The van der Waals surface area contributed by atoms with Crippen LogP contribution in [0.3, 0.4) is 0 Å². The van der Waals surface area contributed by atoms with Crippen LogP contribution in [0.2, 0.25) is 0 Å². The third-order valence-electron chi connectivity index (χ3n) is 0. The molecule has 0 aromatic heterocycles. The standard InChI is InChI=1S/2C2H4.Sm/c2*1-2;/h2*1-2H2;. The predicted molar refractivity (Wildman–Crippen MR) is 22.5 cm³/mol. The molecule has 0 spiro atoms. The van der Waals surface area contributed by atoms with E-state index in [-0.39, 0.29) is 40.4 Å². The summed E-state index contributed by atoms with van der Waals surface area (Å²) in [5.41, 5.74) is 0. The molecule has 0 amide bonds. The fourth-order valence-electron chi connectivity index (χ4n) is 0. The third-order valence-corrected chi connectivity index (χ3v) is 0. The van der Waals surface area contributed by atoms with Crippen LogP contribution in [0.4, 0.5) is 0 Å². The summed E-state index contributed by atoms with van der Waals surface area (Å²) >= 11 is 0. The average Bonchev–Trinajstić information content (AvgIpc) is 1.50. The van der Waals surface area contributed by atoms with Crippen LogP contribution in [0.15, 0.2) is 26.3 Å². The van der Waals surface area contributed by atoms with Gasteiger partial charge in [-0.25, -0.2) is 0 Å². The van der Waals surface area contributed by atoms with E-state index in [4.69, 9.17) is 0 Å². The van der Waals surface area contributed by atoms with Crippen LogP contribution < -0.4 is 0 Å². The first kappa shape index (κ1) is 17.0. The summed E-state index contributed by atoms with van der Waals surface area (Å²) in [6.45, 7) is 12.0. The van der Waals surface area contributed by atoms with Gasteiger partial charge < -0.3 is 0 Å². The van der Waals surface area contributed by atoms with Crippen LogP contribution in [0, 0.1) is 40.4 Å². The van der Waals surface area contributed by atoms with Crippen molar-refractivity contribution in [3.8, 4) is 0 Å². The van der Waals surface area contributed by atoms with Crippen molar-refractivity contribution in [2.45, 2.75) is 0 Å². The van der Waals surface area contributed by atoms with Gasteiger partial charge in [-0.15, -0.1) is 26.3 Å². The van der Waals surface area contributed by atoms with Gasteiger partial charge in [-0.05, 0) is 0 Å². The Hall–Kier alpha value is 0.818. The molecule has 0 radical (unpaired) electrons. The maximum atomic E-state index is 3.00. The SMILES string of the molecule is C=C.C=C.[Sm]. The zero-order valence-electron chi connectivity index (χ0n) is 3.24. The van der Waals surface area contributed by atoms with E-state index in [9.17, 15) is 0 Å². The van der Waals surface area contributed by atoms with Crippen molar-refractivity contribution in [3.63, 3.8) is 0 Å². The van der Waals surface area contributed by atoms with Crippen LogP contribution in [0.1, 0.15) is 0 Å². The zero-order valence-corrected chi connectivity index (χ0v) is 5.86. The van der Waals surface area contributed by atoms with E-state index in [1.807, 2.05) is 0 Å². The fourth-order valence-corrected chi connectivity index (χ4v) is 0. The van der Waals surface area contributed by atoms with Gasteiger partial charge in [0.2, 0.25) is 0 Å². The maximum Gasteiger partial charge on any atom is 0 e. The Bertz CT molecular complexity index is 5.61. The Morgan fingerprint density at radius 2 is 0.600 bits per heavy atom. The van der Waals surface area contributed by atoms with Gasteiger partial charge in [0.25, 0.3) is 0 Å². The summed E-state index contributed by atoms with van der Waals surface area (Å²) in [7, 11) is 0. The van der Waals surface area contributed by atoms with E-state index >= 15 is 0 Å². The molecular weight excluding hydrogens is 198 g/mol. The Labute approximate surface area is 66.1 Å². The Balaban J connectivity index is -0.0000000133. The second-order valence-corrected chi connectivity index (χ2v) is 0. The molecule has 0 atom stereocenters. The summed E-state index contributed by atoms with van der Waals surface area (Å²) in [5.74, 6) is 0. The summed E-state index contributed by atoms with van der Waals surface area (Å²) in [6.07, 6.45) is 0. The van der Waals surface area contributed by atoms with E-state index in [1.165, 1.54) is 0 Å². The molecule has 30 valence electrons. The van der Waals surface area contributed by atoms with Crippen molar-refractivity contribution >= 4 is 0 Å². The van der Waals surface area contributed by atoms with Crippen molar-refractivity contribution in [1.29, 1.82) is 0 Å². The van der Waals surface area contributed by atoms with Gasteiger partial charge in [-0.1, -0.05) is 0 Å². The zero-order chi connectivity index (χ0) is 4.00. The molecule has 1 heteroatoms. The van der Waals surface area contributed by atoms with Gasteiger partial charge in [0, 0.05) is 40.4 Å². The predicted octanol–water partition coefficient (Wildman–Crippen LogP) is 1.60. The fraction of sp³-hybridized carbons (Fsp3) is 0. The Morgan fingerprint density at radius 1 is 0.600 bits per heavy atom. The average molecular weight is 206 g/mol. The second kappa shape index (κ2) is 105. The molecule has 0 N–H and O–H groups in total. The second-order valence-electron chi connectivity index (χ2n) is 0. The summed E-state index contributed by atoms with van der Waals surface area (Å²) in [6, 6.07) is 0. The van der Waals surface area contributed by atoms with Crippen LogP contribution in [-0.4, -0.2) is 0 Å². The van der Waals surface area contributed by atoms with E-state index in [0.29, 0.717) is 0 Å². The minimum absolute atomic E-state index is 0. The first-order valence-corrected chi connectivity index (χ1v) is 1.000. The van der Waals surface area contributed by atoms with Crippen LogP contribution in [0.25, 0.3) is 0 Å². The number of rotatable bonds is 0. The van der Waals surface area contributed by atoms with Crippen LogP contribution in [-0.2, 0) is 0 Å². The molecular formula is C4H8Sm. The molecule has 0 nitrogen and oxygen atoms in total. The van der Waals surface area contributed by atoms with Crippen molar-refractivity contribution in [3.05, 3.63) is 26.3 Å².